The molecule has 0 saturated heterocycles. The average molecular weight is 269 g/mol. The van der Waals surface area contributed by atoms with Gasteiger partial charge in [0.1, 0.15) is 0 Å². The van der Waals surface area contributed by atoms with Crippen LogP contribution in [0.3, 0.4) is 0 Å². The Bertz CT molecular complexity index is 237. The molecule has 0 aromatic rings. The van der Waals surface area contributed by atoms with Gasteiger partial charge in [0.05, 0.1) is 6.61 Å². The van der Waals surface area contributed by atoms with Crippen LogP contribution < -0.4 is 5.32 Å². The van der Waals surface area contributed by atoms with E-state index in [-0.39, 0.29) is 5.97 Å². The van der Waals surface area contributed by atoms with Crippen molar-refractivity contribution in [1.82, 2.24) is 5.32 Å². The third-order valence-electron chi connectivity index (χ3n) is 4.19. The van der Waals surface area contributed by atoms with E-state index in [0.29, 0.717) is 19.1 Å². The van der Waals surface area contributed by atoms with Crippen LogP contribution >= 0.6 is 0 Å². The van der Waals surface area contributed by atoms with E-state index in [2.05, 4.69) is 12.2 Å². The molecule has 0 heterocycles. The lowest BCUT2D eigenvalue weighted by Gasteiger charge is -2.28. The monoisotopic (exact) mass is 269 g/mol. The fourth-order valence-electron chi connectivity index (χ4n) is 2.93. The van der Waals surface area contributed by atoms with Gasteiger partial charge in [-0.3, -0.25) is 4.79 Å². The Hall–Kier alpha value is -0.570. The van der Waals surface area contributed by atoms with Crippen LogP contribution in [-0.4, -0.2) is 25.2 Å². The van der Waals surface area contributed by atoms with Crippen LogP contribution in [-0.2, 0) is 9.53 Å². The lowest BCUT2D eigenvalue weighted by Crippen LogP contribution is -2.35. The van der Waals surface area contributed by atoms with Crippen molar-refractivity contribution in [3.8, 4) is 0 Å². The van der Waals surface area contributed by atoms with Gasteiger partial charge in [0.25, 0.3) is 0 Å². The summed E-state index contributed by atoms with van der Waals surface area (Å²) in [5.41, 5.74) is 0. The molecule has 1 fully saturated rings. The minimum atomic E-state index is -0.0500. The first-order valence-corrected chi connectivity index (χ1v) is 8.13. The van der Waals surface area contributed by atoms with Crippen LogP contribution in [0.1, 0.15) is 71.6 Å². The highest BCUT2D eigenvalue weighted by atomic mass is 16.5. The van der Waals surface area contributed by atoms with E-state index < -0.39 is 0 Å². The van der Waals surface area contributed by atoms with E-state index >= 15 is 0 Å². The van der Waals surface area contributed by atoms with Crippen molar-refractivity contribution in [3.63, 3.8) is 0 Å². The van der Waals surface area contributed by atoms with E-state index in [1.54, 1.807) is 0 Å². The molecule has 0 aliphatic heterocycles. The summed E-state index contributed by atoms with van der Waals surface area (Å²) >= 11 is 0. The number of nitrogens with one attached hydrogen (secondary N) is 1. The molecule has 1 N–H and O–H groups in total. The maximum atomic E-state index is 11.2. The molecule has 1 saturated carbocycles. The molecule has 1 rings (SSSR count). The van der Waals surface area contributed by atoms with Gasteiger partial charge in [0.2, 0.25) is 0 Å². The Kier molecular flexibility index (Phi) is 8.89. The second-order valence-corrected chi connectivity index (χ2v) is 5.76. The molecule has 1 aliphatic carbocycles. The summed E-state index contributed by atoms with van der Waals surface area (Å²) in [5.74, 6) is 0.833. The molecule has 0 unspecified atom stereocenters. The van der Waals surface area contributed by atoms with E-state index in [9.17, 15) is 4.79 Å². The van der Waals surface area contributed by atoms with Gasteiger partial charge in [-0.25, -0.2) is 0 Å². The van der Waals surface area contributed by atoms with Gasteiger partial charge in [0, 0.05) is 12.5 Å². The smallest absolute Gasteiger partial charge is 0.305 e. The summed E-state index contributed by atoms with van der Waals surface area (Å²) in [5, 5.41) is 3.65. The van der Waals surface area contributed by atoms with Gasteiger partial charge in [-0.15, -0.1) is 0 Å². The zero-order valence-electron chi connectivity index (χ0n) is 12.7. The molecule has 0 aromatic heterocycles. The minimum absolute atomic E-state index is 0.0500. The van der Waals surface area contributed by atoms with Crippen molar-refractivity contribution in [2.24, 2.45) is 5.92 Å². The first kappa shape index (κ1) is 16.5. The molecule has 3 heteroatoms. The third kappa shape index (κ3) is 7.56. The molecule has 0 aromatic carbocycles. The topological polar surface area (TPSA) is 38.3 Å². The van der Waals surface area contributed by atoms with E-state index in [1.165, 1.54) is 32.1 Å². The second-order valence-electron chi connectivity index (χ2n) is 5.76. The average Bonchev–Trinajstić information content (AvgIpc) is 2.43. The Morgan fingerprint density at radius 1 is 1.21 bits per heavy atom. The van der Waals surface area contributed by atoms with Crippen molar-refractivity contribution in [1.29, 1.82) is 0 Å². The Morgan fingerprint density at radius 3 is 2.63 bits per heavy atom. The van der Waals surface area contributed by atoms with Gasteiger partial charge < -0.3 is 10.1 Å². The molecule has 0 bridgehead atoms. The van der Waals surface area contributed by atoms with E-state index in [4.69, 9.17) is 4.74 Å². The SMILES string of the molecule is CCOC(=O)CCCCCN[C@H](C)C1CCCCC1. The van der Waals surface area contributed by atoms with Crippen LogP contribution in [0.25, 0.3) is 0 Å². The second kappa shape index (κ2) is 10.2. The highest BCUT2D eigenvalue weighted by Gasteiger charge is 2.18. The van der Waals surface area contributed by atoms with Crippen molar-refractivity contribution in [2.45, 2.75) is 77.7 Å². The Labute approximate surface area is 118 Å². The summed E-state index contributed by atoms with van der Waals surface area (Å²) < 4.78 is 4.91. The van der Waals surface area contributed by atoms with Crippen LogP contribution in [0.2, 0.25) is 0 Å². The quantitative estimate of drug-likeness (QED) is 0.513. The number of carbonyl (C=O) groups excluding carboxylic acids is 1. The molecular formula is C16H31NO2. The van der Waals surface area contributed by atoms with Crippen LogP contribution in [0.5, 0.6) is 0 Å². The van der Waals surface area contributed by atoms with Crippen molar-refractivity contribution in [2.75, 3.05) is 13.2 Å². The molecule has 3 nitrogen and oxygen atoms in total. The standard InChI is InChI=1S/C16H31NO2/c1-3-19-16(18)12-8-5-9-13-17-14(2)15-10-6-4-7-11-15/h14-15,17H,3-13H2,1-2H3/t14-/m1/s1. The maximum Gasteiger partial charge on any atom is 0.305 e. The van der Waals surface area contributed by atoms with Gasteiger partial charge in [-0.2, -0.15) is 0 Å². The molecule has 0 spiro atoms. The zero-order valence-corrected chi connectivity index (χ0v) is 12.7. The largest absolute Gasteiger partial charge is 0.466 e. The van der Waals surface area contributed by atoms with Crippen LogP contribution in [0, 0.1) is 5.92 Å². The normalized spacial score (nSPS) is 18.2. The third-order valence-corrected chi connectivity index (χ3v) is 4.19. The predicted molar refractivity (Wildman–Crippen MR) is 79.1 cm³/mol. The molecular weight excluding hydrogens is 238 g/mol. The van der Waals surface area contributed by atoms with Gasteiger partial charge in [-0.1, -0.05) is 25.7 Å². The number of rotatable bonds is 9. The van der Waals surface area contributed by atoms with Crippen LogP contribution in [0.15, 0.2) is 0 Å². The van der Waals surface area contributed by atoms with E-state index in [1.807, 2.05) is 6.92 Å². The van der Waals surface area contributed by atoms with Crippen molar-refractivity contribution < 1.29 is 9.53 Å². The maximum absolute atomic E-state index is 11.2. The molecule has 112 valence electrons. The zero-order chi connectivity index (χ0) is 13.9. The number of hydrogen-bond donors (Lipinski definition) is 1. The van der Waals surface area contributed by atoms with Crippen molar-refractivity contribution >= 4 is 5.97 Å². The fraction of sp³-hybridized carbons (Fsp3) is 0.938. The Morgan fingerprint density at radius 2 is 1.95 bits per heavy atom. The van der Waals surface area contributed by atoms with Gasteiger partial charge in [-0.05, 0) is 52.0 Å². The summed E-state index contributed by atoms with van der Waals surface area (Å²) in [6.45, 7) is 5.77. The summed E-state index contributed by atoms with van der Waals surface area (Å²) in [4.78, 5) is 11.2. The molecule has 1 aliphatic rings. The van der Waals surface area contributed by atoms with E-state index in [0.717, 1.165) is 31.7 Å². The fourth-order valence-corrected chi connectivity index (χ4v) is 2.93. The van der Waals surface area contributed by atoms with Crippen molar-refractivity contribution in [3.05, 3.63) is 0 Å². The first-order chi connectivity index (χ1) is 9.24. The summed E-state index contributed by atoms with van der Waals surface area (Å²) in [6, 6.07) is 0.658. The minimum Gasteiger partial charge on any atom is -0.466 e. The molecule has 1 atom stereocenters. The number of carbonyl (C=O) groups is 1. The van der Waals surface area contributed by atoms with Gasteiger partial charge in [0.15, 0.2) is 0 Å². The van der Waals surface area contributed by atoms with Gasteiger partial charge >= 0.3 is 5.97 Å². The summed E-state index contributed by atoms with van der Waals surface area (Å²) in [7, 11) is 0. The Balaban J connectivity index is 1.93. The lowest BCUT2D eigenvalue weighted by atomic mass is 9.84. The number of ether oxygens (including phenoxy) is 1. The lowest BCUT2D eigenvalue weighted by molar-refractivity contribution is -0.143. The van der Waals surface area contributed by atoms with Crippen LogP contribution in [0.4, 0.5) is 0 Å². The summed E-state index contributed by atoms with van der Waals surface area (Å²) in [6.07, 6.45) is 10.9. The number of unbranched alkanes of at least 4 members (excludes halogenated alkanes) is 2. The highest BCUT2D eigenvalue weighted by Crippen LogP contribution is 2.26. The number of hydrogen-bond acceptors (Lipinski definition) is 3. The molecule has 19 heavy (non-hydrogen) atoms. The molecule has 0 radical (unpaired) electrons. The molecule has 0 amide bonds. The number of esters is 1. The highest BCUT2D eigenvalue weighted by molar-refractivity contribution is 5.69. The first-order valence-electron chi connectivity index (χ1n) is 8.13. The predicted octanol–water partition coefficient (Wildman–Crippen LogP) is 3.67.